The molecular weight excluding hydrogens is 216 g/mol. The highest BCUT2D eigenvalue weighted by Gasteiger charge is 2.16. The fraction of sp³-hybridized carbons (Fsp3) is 0.154. The van der Waals surface area contributed by atoms with Gasteiger partial charge in [-0.05, 0) is 30.2 Å². The van der Waals surface area contributed by atoms with Gasteiger partial charge in [0.15, 0.2) is 0 Å². The van der Waals surface area contributed by atoms with Crippen LogP contribution in [0.1, 0.15) is 15.9 Å². The molecule has 2 aromatic heterocycles. The van der Waals surface area contributed by atoms with Crippen molar-refractivity contribution in [3.05, 3.63) is 48.0 Å². The first-order chi connectivity index (χ1) is 8.24. The maximum Gasteiger partial charge on any atom is 0.338 e. The molecule has 0 amide bonds. The van der Waals surface area contributed by atoms with E-state index in [1.807, 2.05) is 19.1 Å². The van der Waals surface area contributed by atoms with E-state index in [2.05, 4.69) is 9.97 Å². The van der Waals surface area contributed by atoms with Crippen LogP contribution in [0.4, 0.5) is 0 Å². The second kappa shape index (κ2) is 4.74. The number of esters is 1. The van der Waals surface area contributed by atoms with Crippen molar-refractivity contribution in [2.75, 3.05) is 7.11 Å². The molecule has 0 aliphatic heterocycles. The average Bonchev–Trinajstić information content (AvgIpc) is 2.38. The van der Waals surface area contributed by atoms with Gasteiger partial charge in [-0.2, -0.15) is 0 Å². The van der Waals surface area contributed by atoms with Crippen molar-refractivity contribution < 1.29 is 9.53 Å². The van der Waals surface area contributed by atoms with E-state index >= 15 is 0 Å². The predicted molar refractivity (Wildman–Crippen MR) is 63.5 cm³/mol. The van der Waals surface area contributed by atoms with Gasteiger partial charge in [-0.3, -0.25) is 9.97 Å². The highest BCUT2D eigenvalue weighted by atomic mass is 16.5. The molecule has 0 N–H and O–H groups in total. The normalized spacial score (nSPS) is 10.0. The van der Waals surface area contributed by atoms with Crippen LogP contribution in [0.2, 0.25) is 0 Å². The number of carbonyl (C=O) groups is 1. The van der Waals surface area contributed by atoms with E-state index in [4.69, 9.17) is 4.74 Å². The monoisotopic (exact) mass is 228 g/mol. The van der Waals surface area contributed by atoms with Gasteiger partial charge in [0.05, 0.1) is 12.7 Å². The Labute approximate surface area is 99.3 Å². The van der Waals surface area contributed by atoms with Crippen LogP contribution in [-0.2, 0) is 4.74 Å². The summed E-state index contributed by atoms with van der Waals surface area (Å²) in [7, 11) is 1.37. The van der Waals surface area contributed by atoms with E-state index in [0.717, 1.165) is 16.7 Å². The number of pyridine rings is 2. The summed E-state index contributed by atoms with van der Waals surface area (Å²) in [6.07, 6.45) is 6.67. The fourth-order valence-corrected chi connectivity index (χ4v) is 1.69. The zero-order valence-electron chi connectivity index (χ0n) is 9.68. The van der Waals surface area contributed by atoms with Gasteiger partial charge in [0.2, 0.25) is 0 Å². The van der Waals surface area contributed by atoms with Gasteiger partial charge in [-0.15, -0.1) is 0 Å². The fourth-order valence-electron chi connectivity index (χ4n) is 1.69. The summed E-state index contributed by atoms with van der Waals surface area (Å²) in [5, 5.41) is 0. The minimum atomic E-state index is -0.350. The van der Waals surface area contributed by atoms with Crippen molar-refractivity contribution in [3.8, 4) is 11.1 Å². The highest BCUT2D eigenvalue weighted by Crippen LogP contribution is 2.25. The summed E-state index contributed by atoms with van der Waals surface area (Å²) in [5.74, 6) is -0.350. The molecule has 4 heteroatoms. The molecule has 0 saturated heterocycles. The van der Waals surface area contributed by atoms with Crippen molar-refractivity contribution >= 4 is 5.97 Å². The van der Waals surface area contributed by atoms with E-state index < -0.39 is 0 Å². The quantitative estimate of drug-likeness (QED) is 0.740. The zero-order valence-corrected chi connectivity index (χ0v) is 9.68. The number of nitrogens with zero attached hydrogens (tertiary/aromatic N) is 2. The van der Waals surface area contributed by atoms with Crippen LogP contribution in [0.3, 0.4) is 0 Å². The van der Waals surface area contributed by atoms with Crippen LogP contribution in [0.15, 0.2) is 36.9 Å². The molecule has 2 aromatic rings. The number of rotatable bonds is 2. The first-order valence-corrected chi connectivity index (χ1v) is 5.17. The smallest absolute Gasteiger partial charge is 0.338 e. The first kappa shape index (κ1) is 11.3. The summed E-state index contributed by atoms with van der Waals surface area (Å²) < 4.78 is 4.80. The molecule has 0 unspecified atom stereocenters. The first-order valence-electron chi connectivity index (χ1n) is 5.17. The maximum atomic E-state index is 11.8. The molecule has 0 fully saturated rings. The lowest BCUT2D eigenvalue weighted by Crippen LogP contribution is -2.06. The maximum absolute atomic E-state index is 11.8. The Morgan fingerprint density at radius 3 is 2.53 bits per heavy atom. The van der Waals surface area contributed by atoms with Gasteiger partial charge < -0.3 is 4.74 Å². The van der Waals surface area contributed by atoms with Crippen LogP contribution in [-0.4, -0.2) is 23.0 Å². The molecule has 0 spiro atoms. The molecule has 0 radical (unpaired) electrons. The lowest BCUT2D eigenvalue weighted by molar-refractivity contribution is 0.0600. The van der Waals surface area contributed by atoms with Gasteiger partial charge in [0, 0.05) is 30.4 Å². The van der Waals surface area contributed by atoms with E-state index in [1.54, 1.807) is 24.8 Å². The Morgan fingerprint density at radius 2 is 1.88 bits per heavy atom. The number of aryl methyl sites for hydroxylation is 1. The lowest BCUT2D eigenvalue weighted by atomic mass is 10.00. The summed E-state index contributed by atoms with van der Waals surface area (Å²) >= 11 is 0. The Hall–Kier alpha value is -2.23. The molecule has 0 saturated carbocycles. The molecule has 2 heterocycles. The molecule has 0 aliphatic carbocycles. The number of ether oxygens (including phenoxy) is 1. The van der Waals surface area contributed by atoms with Crippen LogP contribution in [0, 0.1) is 6.92 Å². The molecule has 4 nitrogen and oxygen atoms in total. The third kappa shape index (κ3) is 2.15. The van der Waals surface area contributed by atoms with Gasteiger partial charge in [0.1, 0.15) is 0 Å². The van der Waals surface area contributed by atoms with Crippen LogP contribution >= 0.6 is 0 Å². The summed E-state index contributed by atoms with van der Waals surface area (Å²) in [6, 6.07) is 3.67. The average molecular weight is 228 g/mol. The van der Waals surface area contributed by atoms with Crippen molar-refractivity contribution in [1.29, 1.82) is 0 Å². The largest absolute Gasteiger partial charge is 0.465 e. The summed E-state index contributed by atoms with van der Waals surface area (Å²) in [6.45, 7) is 1.84. The van der Waals surface area contributed by atoms with Crippen molar-refractivity contribution in [2.24, 2.45) is 0 Å². The van der Waals surface area contributed by atoms with Gasteiger partial charge in [-0.1, -0.05) is 0 Å². The van der Waals surface area contributed by atoms with Crippen molar-refractivity contribution in [3.63, 3.8) is 0 Å². The predicted octanol–water partition coefficient (Wildman–Crippen LogP) is 2.24. The van der Waals surface area contributed by atoms with Crippen molar-refractivity contribution in [1.82, 2.24) is 9.97 Å². The number of methoxy groups -OCH3 is 1. The molecule has 86 valence electrons. The minimum absolute atomic E-state index is 0.350. The Morgan fingerprint density at radius 1 is 1.18 bits per heavy atom. The van der Waals surface area contributed by atoms with Gasteiger partial charge in [0.25, 0.3) is 0 Å². The van der Waals surface area contributed by atoms with Crippen LogP contribution < -0.4 is 0 Å². The molecular formula is C13H12N2O2. The van der Waals surface area contributed by atoms with Crippen LogP contribution in [0.25, 0.3) is 11.1 Å². The van der Waals surface area contributed by atoms with Crippen LogP contribution in [0.5, 0.6) is 0 Å². The second-order valence-electron chi connectivity index (χ2n) is 3.61. The third-order valence-corrected chi connectivity index (χ3v) is 2.52. The highest BCUT2D eigenvalue weighted by molar-refractivity contribution is 5.98. The van der Waals surface area contributed by atoms with E-state index in [1.165, 1.54) is 7.11 Å². The summed E-state index contributed by atoms with van der Waals surface area (Å²) in [5.41, 5.74) is 3.01. The number of hydrogen-bond acceptors (Lipinski definition) is 4. The third-order valence-electron chi connectivity index (χ3n) is 2.52. The minimum Gasteiger partial charge on any atom is -0.465 e. The second-order valence-corrected chi connectivity index (χ2v) is 3.61. The Kier molecular flexibility index (Phi) is 3.14. The Bertz CT molecular complexity index is 538. The molecule has 0 bridgehead atoms. The van der Waals surface area contributed by atoms with Crippen molar-refractivity contribution in [2.45, 2.75) is 6.92 Å². The molecule has 0 aromatic carbocycles. The van der Waals surface area contributed by atoms with Gasteiger partial charge in [-0.25, -0.2) is 4.79 Å². The molecule has 0 aliphatic rings. The lowest BCUT2D eigenvalue weighted by Gasteiger charge is -2.09. The molecule has 0 atom stereocenters. The molecule has 17 heavy (non-hydrogen) atoms. The number of aromatic nitrogens is 2. The number of carbonyl (C=O) groups excluding carboxylic acids is 1. The number of hydrogen-bond donors (Lipinski definition) is 0. The van der Waals surface area contributed by atoms with E-state index in [0.29, 0.717) is 5.56 Å². The van der Waals surface area contributed by atoms with E-state index in [9.17, 15) is 4.79 Å². The summed E-state index contributed by atoms with van der Waals surface area (Å²) in [4.78, 5) is 19.8. The standard InChI is InChI=1S/C13H12N2O2/c1-9-7-15-8-11(12(9)13(16)17-2)10-3-5-14-6-4-10/h3-8H,1-2H3. The Balaban J connectivity index is 2.62. The SMILES string of the molecule is COC(=O)c1c(C)cncc1-c1ccncc1. The van der Waals surface area contributed by atoms with Gasteiger partial charge >= 0.3 is 5.97 Å². The van der Waals surface area contributed by atoms with E-state index in [-0.39, 0.29) is 5.97 Å². The zero-order chi connectivity index (χ0) is 12.3. The topological polar surface area (TPSA) is 52.1 Å². The molecule has 2 rings (SSSR count).